The number of likely N-dealkylation sites (N-methyl/N-ethyl adjacent to an activating group) is 1. The molecule has 0 unspecified atom stereocenters. The summed E-state index contributed by atoms with van der Waals surface area (Å²) in [5.74, 6) is 0.814. The zero-order valence-corrected chi connectivity index (χ0v) is 14.2. The fraction of sp³-hybridized carbons (Fsp3) is 0.375. The minimum Gasteiger partial charge on any atom is -0.348 e. The molecule has 1 amide bonds. The fourth-order valence-electron chi connectivity index (χ4n) is 3.29. The summed E-state index contributed by atoms with van der Waals surface area (Å²) < 4.78 is 0. The van der Waals surface area contributed by atoms with E-state index in [1.807, 2.05) is 16.8 Å². The lowest BCUT2D eigenvalue weighted by Gasteiger charge is -2.27. The molecule has 0 saturated carbocycles. The van der Waals surface area contributed by atoms with Gasteiger partial charge in [0.2, 0.25) is 5.91 Å². The molecule has 7 nitrogen and oxygen atoms in total. The Balaban J connectivity index is 1.52. The van der Waals surface area contributed by atoms with Gasteiger partial charge in [-0.15, -0.1) is 0 Å². The van der Waals surface area contributed by atoms with Crippen molar-refractivity contribution in [2.24, 2.45) is 0 Å². The van der Waals surface area contributed by atoms with Gasteiger partial charge in [-0.25, -0.2) is 15.0 Å². The molecule has 1 saturated heterocycles. The van der Waals surface area contributed by atoms with Gasteiger partial charge < -0.3 is 14.8 Å². The number of H-pyrrole nitrogens is 1. The van der Waals surface area contributed by atoms with Crippen LogP contribution in [0.1, 0.15) is 24.4 Å². The number of rotatable bonds is 4. The highest BCUT2D eigenvalue weighted by Crippen LogP contribution is 2.33. The summed E-state index contributed by atoms with van der Waals surface area (Å²) >= 11 is 1.68. The number of hydrogen-bond acceptors (Lipinski definition) is 6. The van der Waals surface area contributed by atoms with Crippen molar-refractivity contribution in [2.75, 3.05) is 25.0 Å². The minimum absolute atomic E-state index is 0.123. The number of nitrogens with zero attached hydrogens (tertiary/aromatic N) is 5. The Hall–Kier alpha value is -2.48. The number of likely N-dealkylation sites (tertiary alicyclic amines) is 1. The molecule has 1 N–H and O–H groups in total. The highest BCUT2D eigenvalue weighted by molar-refractivity contribution is 7.08. The second-order valence-corrected chi connectivity index (χ2v) is 6.74. The van der Waals surface area contributed by atoms with Crippen LogP contribution < -0.4 is 4.90 Å². The maximum atomic E-state index is 12.8. The average Bonchev–Trinajstić information content (AvgIpc) is 3.32. The lowest BCUT2D eigenvalue weighted by Crippen LogP contribution is -2.39. The van der Waals surface area contributed by atoms with Gasteiger partial charge in [-0.05, 0) is 35.2 Å². The van der Waals surface area contributed by atoms with E-state index in [2.05, 4.69) is 36.8 Å². The molecule has 0 aliphatic carbocycles. The summed E-state index contributed by atoms with van der Waals surface area (Å²) in [6, 6.07) is 2.32. The quantitative estimate of drug-likeness (QED) is 0.786. The van der Waals surface area contributed by atoms with Gasteiger partial charge in [-0.2, -0.15) is 11.3 Å². The van der Waals surface area contributed by atoms with Crippen LogP contribution in [0.5, 0.6) is 0 Å². The minimum atomic E-state index is 0.123. The molecule has 1 aliphatic rings. The normalized spacial score (nSPS) is 17.5. The standard InChI is InChI=1S/C16H18N6OS/c1-21(16-14-15(18-9-17-14)19-10-20-16)7-13(23)22-5-2-3-12(22)11-4-6-24-8-11/h4,6,8-10,12H,2-3,5,7H2,1H3,(H,17,18,19,20)/t12-/m1/s1. The lowest BCUT2D eigenvalue weighted by atomic mass is 10.1. The highest BCUT2D eigenvalue weighted by Gasteiger charge is 2.30. The molecular formula is C16H18N6OS. The second kappa shape index (κ2) is 6.20. The number of aromatic amines is 1. The molecule has 1 atom stereocenters. The van der Waals surface area contributed by atoms with E-state index in [9.17, 15) is 4.79 Å². The molecule has 0 radical (unpaired) electrons. The number of carbonyl (C=O) groups excluding carboxylic acids is 1. The molecule has 0 spiro atoms. The number of carbonyl (C=O) groups is 1. The predicted molar refractivity (Wildman–Crippen MR) is 93.0 cm³/mol. The summed E-state index contributed by atoms with van der Waals surface area (Å²) in [4.78, 5) is 32.3. The molecular weight excluding hydrogens is 324 g/mol. The smallest absolute Gasteiger partial charge is 0.242 e. The van der Waals surface area contributed by atoms with Gasteiger partial charge in [-0.1, -0.05) is 0 Å². The third kappa shape index (κ3) is 2.62. The largest absolute Gasteiger partial charge is 0.348 e. The third-order valence-electron chi connectivity index (χ3n) is 4.44. The van der Waals surface area contributed by atoms with Crippen molar-refractivity contribution in [3.8, 4) is 0 Å². The molecule has 0 aromatic carbocycles. The molecule has 8 heteroatoms. The maximum absolute atomic E-state index is 12.8. The van der Waals surface area contributed by atoms with Crippen molar-refractivity contribution < 1.29 is 4.79 Å². The van der Waals surface area contributed by atoms with Crippen LogP contribution in [0.15, 0.2) is 29.5 Å². The first-order valence-electron chi connectivity index (χ1n) is 7.91. The number of anilines is 1. The molecule has 1 fully saturated rings. The maximum Gasteiger partial charge on any atom is 0.242 e. The second-order valence-electron chi connectivity index (χ2n) is 5.96. The van der Waals surface area contributed by atoms with Crippen LogP contribution in [-0.2, 0) is 4.79 Å². The molecule has 0 bridgehead atoms. The third-order valence-corrected chi connectivity index (χ3v) is 5.14. The van der Waals surface area contributed by atoms with E-state index in [1.54, 1.807) is 17.7 Å². The molecule has 1 aliphatic heterocycles. The van der Waals surface area contributed by atoms with Gasteiger partial charge in [-0.3, -0.25) is 4.79 Å². The molecule has 124 valence electrons. The first-order chi connectivity index (χ1) is 11.7. The van der Waals surface area contributed by atoms with E-state index in [0.29, 0.717) is 11.5 Å². The van der Waals surface area contributed by atoms with E-state index < -0.39 is 0 Å². The van der Waals surface area contributed by atoms with E-state index in [-0.39, 0.29) is 18.5 Å². The van der Waals surface area contributed by atoms with Crippen molar-refractivity contribution in [2.45, 2.75) is 18.9 Å². The van der Waals surface area contributed by atoms with Crippen LogP contribution in [0.4, 0.5) is 5.82 Å². The van der Waals surface area contributed by atoms with Crippen molar-refractivity contribution in [1.29, 1.82) is 0 Å². The molecule has 3 aromatic heterocycles. The number of imidazole rings is 1. The molecule has 4 heterocycles. The predicted octanol–water partition coefficient (Wildman–Crippen LogP) is 2.21. The van der Waals surface area contributed by atoms with Crippen LogP contribution in [0, 0.1) is 0 Å². The Labute approximate surface area is 143 Å². The number of amides is 1. The van der Waals surface area contributed by atoms with E-state index in [1.165, 1.54) is 11.9 Å². The zero-order valence-electron chi connectivity index (χ0n) is 13.3. The fourth-order valence-corrected chi connectivity index (χ4v) is 3.99. The lowest BCUT2D eigenvalue weighted by molar-refractivity contribution is -0.130. The van der Waals surface area contributed by atoms with Crippen molar-refractivity contribution in [1.82, 2.24) is 24.8 Å². The van der Waals surface area contributed by atoms with E-state index >= 15 is 0 Å². The Morgan fingerprint density at radius 3 is 3.21 bits per heavy atom. The Kier molecular flexibility index (Phi) is 3.89. The molecule has 3 aromatic rings. The van der Waals surface area contributed by atoms with Gasteiger partial charge >= 0.3 is 0 Å². The first-order valence-corrected chi connectivity index (χ1v) is 8.85. The van der Waals surface area contributed by atoms with Crippen LogP contribution in [0.3, 0.4) is 0 Å². The first kappa shape index (κ1) is 15.1. The summed E-state index contributed by atoms with van der Waals surface area (Å²) in [6.45, 7) is 1.10. The van der Waals surface area contributed by atoms with E-state index in [4.69, 9.17) is 0 Å². The van der Waals surface area contributed by atoms with Crippen molar-refractivity contribution in [3.05, 3.63) is 35.0 Å². The Morgan fingerprint density at radius 1 is 1.46 bits per heavy atom. The van der Waals surface area contributed by atoms with Gasteiger partial charge in [0.15, 0.2) is 11.5 Å². The summed E-state index contributed by atoms with van der Waals surface area (Å²) in [6.07, 6.45) is 5.15. The number of fused-ring (bicyclic) bond motifs is 1. The topological polar surface area (TPSA) is 78.0 Å². The highest BCUT2D eigenvalue weighted by atomic mass is 32.1. The monoisotopic (exact) mass is 342 g/mol. The number of nitrogens with one attached hydrogen (secondary N) is 1. The number of aromatic nitrogens is 4. The van der Waals surface area contributed by atoms with Crippen LogP contribution in [0.25, 0.3) is 11.2 Å². The summed E-state index contributed by atoms with van der Waals surface area (Å²) in [5, 5.41) is 4.21. The Morgan fingerprint density at radius 2 is 2.38 bits per heavy atom. The van der Waals surface area contributed by atoms with Crippen molar-refractivity contribution >= 4 is 34.2 Å². The van der Waals surface area contributed by atoms with E-state index in [0.717, 1.165) is 24.9 Å². The summed E-state index contributed by atoms with van der Waals surface area (Å²) in [5.41, 5.74) is 2.60. The SMILES string of the molecule is CN(CC(=O)N1CCC[C@@H]1c1ccsc1)c1ncnc2nc[nH]c12. The number of thiophene rings is 1. The Bertz CT molecular complexity index is 845. The van der Waals surface area contributed by atoms with Gasteiger partial charge in [0.05, 0.1) is 18.9 Å². The van der Waals surface area contributed by atoms with Crippen LogP contribution in [-0.4, -0.2) is 50.9 Å². The summed E-state index contributed by atoms with van der Waals surface area (Å²) in [7, 11) is 1.87. The molecule has 4 rings (SSSR count). The van der Waals surface area contributed by atoms with Gasteiger partial charge in [0.1, 0.15) is 11.8 Å². The van der Waals surface area contributed by atoms with Gasteiger partial charge in [0, 0.05) is 13.6 Å². The zero-order chi connectivity index (χ0) is 16.5. The van der Waals surface area contributed by atoms with Gasteiger partial charge in [0.25, 0.3) is 0 Å². The number of hydrogen-bond donors (Lipinski definition) is 1. The van der Waals surface area contributed by atoms with Crippen molar-refractivity contribution in [3.63, 3.8) is 0 Å². The van der Waals surface area contributed by atoms with Crippen LogP contribution >= 0.6 is 11.3 Å². The van der Waals surface area contributed by atoms with Crippen LogP contribution in [0.2, 0.25) is 0 Å². The molecule has 24 heavy (non-hydrogen) atoms. The average molecular weight is 342 g/mol.